The minimum absolute atomic E-state index is 0.00517. The summed E-state index contributed by atoms with van der Waals surface area (Å²) < 4.78 is 0. The first-order chi connectivity index (χ1) is 7.70. The smallest absolute Gasteiger partial charge is 0.251 e. The number of rotatable bonds is 3. The summed E-state index contributed by atoms with van der Waals surface area (Å²) in [6.45, 7) is 2.32. The summed E-state index contributed by atoms with van der Waals surface area (Å²) in [4.78, 5) is 14.9. The largest absolute Gasteiger partial charge is 0.361 e. The number of aromatic nitrogens is 1. The van der Waals surface area contributed by atoms with Crippen LogP contribution in [0.3, 0.4) is 0 Å². The van der Waals surface area contributed by atoms with Gasteiger partial charge >= 0.3 is 0 Å². The van der Waals surface area contributed by atoms with Gasteiger partial charge in [0.25, 0.3) is 5.91 Å². The maximum atomic E-state index is 11.8. The number of carbonyl (C=O) groups is 1. The molecular formula is C12H15N3O. The molecule has 0 aliphatic rings. The van der Waals surface area contributed by atoms with Crippen molar-refractivity contribution in [3.05, 3.63) is 36.0 Å². The zero-order valence-electron chi connectivity index (χ0n) is 9.16. The third-order valence-corrected chi connectivity index (χ3v) is 2.55. The summed E-state index contributed by atoms with van der Waals surface area (Å²) in [5, 5.41) is 3.86. The number of fused-ring (bicyclic) bond motifs is 1. The van der Waals surface area contributed by atoms with Crippen molar-refractivity contribution in [1.82, 2.24) is 10.3 Å². The number of amides is 1. The lowest BCUT2D eigenvalue weighted by molar-refractivity contribution is 0.0941. The van der Waals surface area contributed by atoms with Gasteiger partial charge in [-0.2, -0.15) is 0 Å². The molecule has 1 aromatic heterocycles. The van der Waals surface area contributed by atoms with Crippen LogP contribution in [0.4, 0.5) is 0 Å². The predicted molar refractivity (Wildman–Crippen MR) is 64.3 cm³/mol. The van der Waals surface area contributed by atoms with Gasteiger partial charge in [0.05, 0.1) is 0 Å². The van der Waals surface area contributed by atoms with Crippen molar-refractivity contribution in [1.29, 1.82) is 0 Å². The molecule has 2 rings (SSSR count). The monoisotopic (exact) mass is 217 g/mol. The summed E-state index contributed by atoms with van der Waals surface area (Å²) >= 11 is 0. The molecule has 0 radical (unpaired) electrons. The van der Waals surface area contributed by atoms with Gasteiger partial charge < -0.3 is 16.0 Å². The molecule has 0 bridgehead atoms. The topological polar surface area (TPSA) is 70.9 Å². The van der Waals surface area contributed by atoms with Gasteiger partial charge in [0, 0.05) is 35.2 Å². The average Bonchev–Trinajstić information content (AvgIpc) is 2.75. The van der Waals surface area contributed by atoms with E-state index in [0.29, 0.717) is 12.1 Å². The summed E-state index contributed by atoms with van der Waals surface area (Å²) in [5.41, 5.74) is 7.14. The minimum atomic E-state index is -0.0824. The number of hydrogen-bond donors (Lipinski definition) is 3. The molecule has 4 N–H and O–H groups in total. The molecule has 1 unspecified atom stereocenters. The Morgan fingerprint density at radius 3 is 3.06 bits per heavy atom. The first-order valence-electron chi connectivity index (χ1n) is 5.29. The quantitative estimate of drug-likeness (QED) is 0.724. The molecule has 0 aliphatic carbocycles. The van der Waals surface area contributed by atoms with Crippen molar-refractivity contribution in [2.75, 3.05) is 6.54 Å². The number of nitrogens with one attached hydrogen (secondary N) is 2. The second-order valence-electron chi connectivity index (χ2n) is 3.89. The molecule has 1 atom stereocenters. The Hall–Kier alpha value is -1.81. The van der Waals surface area contributed by atoms with E-state index in [1.54, 1.807) is 6.07 Å². The molecule has 4 heteroatoms. The van der Waals surface area contributed by atoms with Crippen LogP contribution >= 0.6 is 0 Å². The Morgan fingerprint density at radius 2 is 2.31 bits per heavy atom. The molecule has 0 aliphatic heterocycles. The summed E-state index contributed by atoms with van der Waals surface area (Å²) in [6, 6.07) is 7.51. The Morgan fingerprint density at radius 1 is 1.50 bits per heavy atom. The van der Waals surface area contributed by atoms with E-state index in [0.717, 1.165) is 10.9 Å². The van der Waals surface area contributed by atoms with Crippen molar-refractivity contribution >= 4 is 16.8 Å². The molecule has 1 heterocycles. The zero-order valence-corrected chi connectivity index (χ0v) is 9.16. The molecular weight excluding hydrogens is 202 g/mol. The number of nitrogens with two attached hydrogens (primary N) is 1. The second-order valence-corrected chi connectivity index (χ2v) is 3.89. The van der Waals surface area contributed by atoms with E-state index in [-0.39, 0.29) is 11.9 Å². The molecule has 16 heavy (non-hydrogen) atoms. The molecule has 0 saturated carbocycles. The van der Waals surface area contributed by atoms with Gasteiger partial charge in [0.15, 0.2) is 0 Å². The van der Waals surface area contributed by atoms with Crippen LogP contribution in [-0.2, 0) is 0 Å². The summed E-state index contributed by atoms with van der Waals surface area (Å²) in [6.07, 6.45) is 1.86. The van der Waals surface area contributed by atoms with E-state index in [9.17, 15) is 4.79 Å². The van der Waals surface area contributed by atoms with Gasteiger partial charge in [-0.15, -0.1) is 0 Å². The molecule has 0 fully saturated rings. The fourth-order valence-corrected chi connectivity index (χ4v) is 1.56. The van der Waals surface area contributed by atoms with E-state index < -0.39 is 0 Å². The van der Waals surface area contributed by atoms with Gasteiger partial charge in [-0.3, -0.25) is 4.79 Å². The highest BCUT2D eigenvalue weighted by atomic mass is 16.1. The first kappa shape index (κ1) is 10.7. The van der Waals surface area contributed by atoms with Crippen molar-refractivity contribution < 1.29 is 4.79 Å². The Kier molecular flexibility index (Phi) is 2.92. The molecule has 4 nitrogen and oxygen atoms in total. The fourth-order valence-electron chi connectivity index (χ4n) is 1.56. The van der Waals surface area contributed by atoms with Crippen LogP contribution in [0.15, 0.2) is 30.5 Å². The van der Waals surface area contributed by atoms with Gasteiger partial charge in [0.2, 0.25) is 0 Å². The normalized spacial score (nSPS) is 12.6. The standard InChI is InChI=1S/C12H15N3O/c1-8(7-13)15-12(16)10-2-3-11-9(6-10)4-5-14-11/h2-6,8,14H,7,13H2,1H3,(H,15,16). The molecule has 2 aromatic rings. The number of carbonyl (C=O) groups excluding carboxylic acids is 1. The lowest BCUT2D eigenvalue weighted by Crippen LogP contribution is -2.37. The first-order valence-corrected chi connectivity index (χ1v) is 5.29. The Bertz CT molecular complexity index is 504. The molecule has 84 valence electrons. The SMILES string of the molecule is CC(CN)NC(=O)c1ccc2[nH]ccc2c1. The Balaban J connectivity index is 2.22. The van der Waals surface area contributed by atoms with E-state index in [2.05, 4.69) is 10.3 Å². The van der Waals surface area contributed by atoms with Crippen LogP contribution in [-0.4, -0.2) is 23.5 Å². The maximum Gasteiger partial charge on any atom is 0.251 e. The van der Waals surface area contributed by atoms with Gasteiger partial charge in [-0.1, -0.05) is 0 Å². The van der Waals surface area contributed by atoms with Crippen molar-refractivity contribution in [3.8, 4) is 0 Å². The Labute approximate surface area is 93.8 Å². The highest BCUT2D eigenvalue weighted by Gasteiger charge is 2.08. The highest BCUT2D eigenvalue weighted by Crippen LogP contribution is 2.14. The number of benzene rings is 1. The lowest BCUT2D eigenvalue weighted by atomic mass is 10.1. The summed E-state index contributed by atoms with van der Waals surface area (Å²) in [7, 11) is 0. The van der Waals surface area contributed by atoms with Gasteiger partial charge in [-0.25, -0.2) is 0 Å². The zero-order chi connectivity index (χ0) is 11.5. The van der Waals surface area contributed by atoms with E-state index in [4.69, 9.17) is 5.73 Å². The number of aromatic amines is 1. The van der Waals surface area contributed by atoms with Gasteiger partial charge in [-0.05, 0) is 31.2 Å². The fraction of sp³-hybridized carbons (Fsp3) is 0.250. The van der Waals surface area contributed by atoms with Crippen LogP contribution in [0.25, 0.3) is 10.9 Å². The molecule has 0 spiro atoms. The van der Waals surface area contributed by atoms with Crippen LogP contribution in [0, 0.1) is 0 Å². The predicted octanol–water partition coefficient (Wildman–Crippen LogP) is 1.24. The van der Waals surface area contributed by atoms with Crippen molar-refractivity contribution in [2.45, 2.75) is 13.0 Å². The second kappa shape index (κ2) is 4.37. The van der Waals surface area contributed by atoms with E-state index >= 15 is 0 Å². The minimum Gasteiger partial charge on any atom is -0.361 e. The highest BCUT2D eigenvalue weighted by molar-refractivity contribution is 5.98. The van der Waals surface area contributed by atoms with Crippen LogP contribution in [0.2, 0.25) is 0 Å². The number of H-pyrrole nitrogens is 1. The van der Waals surface area contributed by atoms with E-state index in [1.165, 1.54) is 0 Å². The lowest BCUT2D eigenvalue weighted by Gasteiger charge is -2.11. The van der Waals surface area contributed by atoms with Crippen molar-refractivity contribution in [3.63, 3.8) is 0 Å². The third kappa shape index (κ3) is 2.06. The van der Waals surface area contributed by atoms with Crippen LogP contribution < -0.4 is 11.1 Å². The van der Waals surface area contributed by atoms with Crippen LogP contribution in [0.5, 0.6) is 0 Å². The molecule has 1 amide bonds. The maximum absolute atomic E-state index is 11.8. The molecule has 1 aromatic carbocycles. The van der Waals surface area contributed by atoms with Crippen LogP contribution in [0.1, 0.15) is 17.3 Å². The van der Waals surface area contributed by atoms with Crippen molar-refractivity contribution in [2.24, 2.45) is 5.73 Å². The van der Waals surface area contributed by atoms with Gasteiger partial charge in [0.1, 0.15) is 0 Å². The third-order valence-electron chi connectivity index (χ3n) is 2.55. The van der Waals surface area contributed by atoms with E-state index in [1.807, 2.05) is 31.3 Å². The summed E-state index contributed by atoms with van der Waals surface area (Å²) in [5.74, 6) is -0.0824. The number of hydrogen-bond acceptors (Lipinski definition) is 2. The molecule has 0 saturated heterocycles. The average molecular weight is 217 g/mol.